The van der Waals surface area contributed by atoms with Crippen molar-refractivity contribution < 1.29 is 9.59 Å². The maximum absolute atomic E-state index is 11.9. The summed E-state index contributed by atoms with van der Waals surface area (Å²) in [7, 11) is 0. The van der Waals surface area contributed by atoms with Gasteiger partial charge in [-0.15, -0.1) is 0 Å². The second kappa shape index (κ2) is 7.38. The molecule has 2 aromatic carbocycles. The number of nitrogens with one attached hydrogen (secondary N) is 2. The molecule has 0 saturated heterocycles. The van der Waals surface area contributed by atoms with Crippen LogP contribution in [0, 0.1) is 11.3 Å². The zero-order valence-electron chi connectivity index (χ0n) is 11.5. The number of hydrogen-bond donors (Lipinski definition) is 2. The molecule has 2 amide bonds. The number of nitrogens with zero attached hydrogens (tertiary/aromatic N) is 1. The van der Waals surface area contributed by atoms with Crippen LogP contribution in [0.5, 0.6) is 0 Å². The van der Waals surface area contributed by atoms with Crippen LogP contribution in [0.25, 0.3) is 0 Å². The lowest BCUT2D eigenvalue weighted by Crippen LogP contribution is -2.32. The van der Waals surface area contributed by atoms with Gasteiger partial charge in [0.1, 0.15) is 0 Å². The molecule has 0 aliphatic heterocycles. The summed E-state index contributed by atoms with van der Waals surface area (Å²) in [5, 5.41) is 13.9. The maximum Gasteiger partial charge on any atom is 0.251 e. The molecule has 0 aliphatic rings. The van der Waals surface area contributed by atoms with Gasteiger partial charge in [-0.05, 0) is 52.3 Å². The molecule has 0 fully saturated rings. The molecular weight excluding hydrogens is 346 g/mol. The van der Waals surface area contributed by atoms with E-state index in [2.05, 4.69) is 26.6 Å². The van der Waals surface area contributed by atoms with Crippen molar-refractivity contribution in [2.24, 2.45) is 0 Å². The molecule has 110 valence electrons. The van der Waals surface area contributed by atoms with E-state index >= 15 is 0 Å². The molecule has 0 heterocycles. The predicted molar refractivity (Wildman–Crippen MR) is 86.3 cm³/mol. The molecule has 0 radical (unpaired) electrons. The summed E-state index contributed by atoms with van der Waals surface area (Å²) in [4.78, 5) is 23.7. The van der Waals surface area contributed by atoms with Gasteiger partial charge in [0.25, 0.3) is 5.91 Å². The zero-order valence-corrected chi connectivity index (χ0v) is 13.1. The zero-order chi connectivity index (χ0) is 15.9. The van der Waals surface area contributed by atoms with Crippen LogP contribution in [0.15, 0.2) is 53.0 Å². The second-order valence-electron chi connectivity index (χ2n) is 4.40. The Bertz CT molecular complexity index is 736. The van der Waals surface area contributed by atoms with E-state index in [1.807, 2.05) is 18.2 Å². The Morgan fingerprint density at radius 2 is 1.77 bits per heavy atom. The number of anilines is 1. The lowest BCUT2D eigenvalue weighted by molar-refractivity contribution is -0.115. The molecule has 2 N–H and O–H groups in total. The molecule has 2 rings (SSSR count). The largest absolute Gasteiger partial charge is 0.343 e. The third kappa shape index (κ3) is 4.17. The van der Waals surface area contributed by atoms with Crippen LogP contribution in [-0.2, 0) is 4.79 Å². The summed E-state index contributed by atoms with van der Waals surface area (Å²) in [6, 6.07) is 15.4. The van der Waals surface area contributed by atoms with Gasteiger partial charge in [0.2, 0.25) is 5.91 Å². The quantitative estimate of drug-likeness (QED) is 0.882. The summed E-state index contributed by atoms with van der Waals surface area (Å²) in [5.74, 6) is -0.694. The standard InChI is InChI=1S/C16H12BrN3O2/c17-13-3-1-2-4-14(13)20-15(21)10-19-16(22)12-7-5-11(9-18)6-8-12/h1-8H,10H2,(H,19,22)(H,20,21). The fourth-order valence-electron chi connectivity index (χ4n) is 1.72. The number of para-hydroxylation sites is 1. The Morgan fingerprint density at radius 3 is 2.41 bits per heavy atom. The first-order chi connectivity index (χ1) is 10.6. The first kappa shape index (κ1) is 15.7. The summed E-state index contributed by atoms with van der Waals surface area (Å²) >= 11 is 3.33. The smallest absolute Gasteiger partial charge is 0.251 e. The number of amides is 2. The molecule has 0 spiro atoms. The third-order valence-electron chi connectivity index (χ3n) is 2.83. The van der Waals surface area contributed by atoms with E-state index < -0.39 is 0 Å². The van der Waals surface area contributed by atoms with Gasteiger partial charge in [0, 0.05) is 10.0 Å². The summed E-state index contributed by atoms with van der Waals surface area (Å²) in [6.45, 7) is -0.139. The van der Waals surface area contributed by atoms with E-state index in [1.165, 1.54) is 0 Å². The van der Waals surface area contributed by atoms with E-state index in [1.54, 1.807) is 36.4 Å². The lowest BCUT2D eigenvalue weighted by atomic mass is 10.1. The van der Waals surface area contributed by atoms with Gasteiger partial charge in [-0.2, -0.15) is 5.26 Å². The van der Waals surface area contributed by atoms with Crippen LogP contribution in [0.1, 0.15) is 15.9 Å². The molecule has 0 bridgehead atoms. The Balaban J connectivity index is 1.89. The van der Waals surface area contributed by atoms with Crippen molar-refractivity contribution in [2.45, 2.75) is 0 Å². The normalized spacial score (nSPS) is 9.64. The van der Waals surface area contributed by atoms with Gasteiger partial charge in [0.15, 0.2) is 0 Å². The number of nitriles is 1. The first-order valence-corrected chi connectivity index (χ1v) is 7.22. The van der Waals surface area contributed by atoms with Crippen molar-refractivity contribution in [3.05, 3.63) is 64.1 Å². The molecule has 0 unspecified atom stereocenters. The fraction of sp³-hybridized carbons (Fsp3) is 0.0625. The molecule has 2 aromatic rings. The highest BCUT2D eigenvalue weighted by Crippen LogP contribution is 2.20. The number of carbonyl (C=O) groups excluding carboxylic acids is 2. The van der Waals surface area contributed by atoms with Crippen molar-refractivity contribution >= 4 is 33.4 Å². The lowest BCUT2D eigenvalue weighted by Gasteiger charge is -2.08. The van der Waals surface area contributed by atoms with Gasteiger partial charge < -0.3 is 10.6 Å². The second-order valence-corrected chi connectivity index (χ2v) is 5.25. The molecule has 6 heteroatoms. The van der Waals surface area contributed by atoms with E-state index in [0.29, 0.717) is 16.8 Å². The van der Waals surface area contributed by atoms with Crippen molar-refractivity contribution in [1.82, 2.24) is 5.32 Å². The van der Waals surface area contributed by atoms with Crippen LogP contribution in [0.3, 0.4) is 0 Å². The van der Waals surface area contributed by atoms with Crippen molar-refractivity contribution in [3.8, 4) is 6.07 Å². The number of rotatable bonds is 4. The highest BCUT2D eigenvalue weighted by atomic mass is 79.9. The number of halogens is 1. The monoisotopic (exact) mass is 357 g/mol. The maximum atomic E-state index is 11.9. The topological polar surface area (TPSA) is 82.0 Å². The van der Waals surface area contributed by atoms with Crippen LogP contribution in [0.2, 0.25) is 0 Å². The predicted octanol–water partition coefficient (Wildman–Crippen LogP) is 2.69. The fourth-order valence-corrected chi connectivity index (χ4v) is 2.10. The number of carbonyl (C=O) groups is 2. The van der Waals surface area contributed by atoms with E-state index in [9.17, 15) is 9.59 Å². The average Bonchev–Trinajstić information content (AvgIpc) is 2.55. The van der Waals surface area contributed by atoms with Crippen molar-refractivity contribution in [2.75, 3.05) is 11.9 Å². The Labute approximate surface area is 136 Å². The van der Waals surface area contributed by atoms with E-state index in [-0.39, 0.29) is 18.4 Å². The third-order valence-corrected chi connectivity index (χ3v) is 3.53. The van der Waals surface area contributed by atoms with Crippen molar-refractivity contribution in [3.63, 3.8) is 0 Å². The van der Waals surface area contributed by atoms with Crippen LogP contribution in [-0.4, -0.2) is 18.4 Å². The molecule has 0 aromatic heterocycles. The minimum absolute atomic E-state index is 0.139. The number of hydrogen-bond acceptors (Lipinski definition) is 3. The summed E-state index contributed by atoms with van der Waals surface area (Å²) < 4.78 is 0.766. The Morgan fingerprint density at radius 1 is 1.09 bits per heavy atom. The van der Waals surface area contributed by atoms with Gasteiger partial charge in [-0.3, -0.25) is 9.59 Å². The molecule has 0 aliphatic carbocycles. The van der Waals surface area contributed by atoms with Crippen molar-refractivity contribution in [1.29, 1.82) is 5.26 Å². The highest BCUT2D eigenvalue weighted by molar-refractivity contribution is 9.10. The van der Waals surface area contributed by atoms with Gasteiger partial charge in [0.05, 0.1) is 23.9 Å². The highest BCUT2D eigenvalue weighted by Gasteiger charge is 2.09. The molecule has 0 saturated carbocycles. The van der Waals surface area contributed by atoms with Gasteiger partial charge in [-0.1, -0.05) is 12.1 Å². The van der Waals surface area contributed by atoms with Gasteiger partial charge >= 0.3 is 0 Å². The van der Waals surface area contributed by atoms with E-state index in [4.69, 9.17) is 5.26 Å². The SMILES string of the molecule is N#Cc1ccc(C(=O)NCC(=O)Nc2ccccc2Br)cc1. The average molecular weight is 358 g/mol. The molecule has 22 heavy (non-hydrogen) atoms. The van der Waals surface area contributed by atoms with Crippen LogP contribution >= 0.6 is 15.9 Å². The van der Waals surface area contributed by atoms with Crippen LogP contribution in [0.4, 0.5) is 5.69 Å². The molecular formula is C16H12BrN3O2. The molecule has 5 nitrogen and oxygen atoms in total. The van der Waals surface area contributed by atoms with Crippen LogP contribution < -0.4 is 10.6 Å². The number of benzene rings is 2. The first-order valence-electron chi connectivity index (χ1n) is 6.43. The summed E-state index contributed by atoms with van der Waals surface area (Å²) in [5.41, 5.74) is 1.51. The minimum Gasteiger partial charge on any atom is -0.343 e. The summed E-state index contributed by atoms with van der Waals surface area (Å²) in [6.07, 6.45) is 0. The van der Waals surface area contributed by atoms with E-state index in [0.717, 1.165) is 4.47 Å². The Kier molecular flexibility index (Phi) is 5.28. The molecule has 0 atom stereocenters. The Hall–Kier alpha value is -2.65. The van der Waals surface area contributed by atoms with Gasteiger partial charge in [-0.25, -0.2) is 0 Å². The minimum atomic E-state index is -0.369.